The van der Waals surface area contributed by atoms with Gasteiger partial charge in [0.1, 0.15) is 11.5 Å². The smallest absolute Gasteiger partial charge is 0.122 e. The lowest BCUT2D eigenvalue weighted by Crippen LogP contribution is -2.44. The van der Waals surface area contributed by atoms with E-state index in [1.54, 1.807) is 7.11 Å². The minimum Gasteiger partial charge on any atom is -0.497 e. The predicted octanol–water partition coefficient (Wildman–Crippen LogP) is 4.70. The zero-order chi connectivity index (χ0) is 20.3. The molecule has 0 spiro atoms. The highest BCUT2D eigenvalue weighted by atomic mass is 35.5. The number of nitrogens with zero attached hydrogens (tertiary/aromatic N) is 2. The molecule has 2 aromatic carbocycles. The van der Waals surface area contributed by atoms with Crippen LogP contribution in [0.2, 0.25) is 0 Å². The van der Waals surface area contributed by atoms with Crippen LogP contribution in [0.4, 0.5) is 0 Å². The van der Waals surface area contributed by atoms with Gasteiger partial charge in [-0.25, -0.2) is 0 Å². The lowest BCUT2D eigenvalue weighted by atomic mass is 10.0. The Morgan fingerprint density at radius 3 is 2.47 bits per heavy atom. The molecule has 0 bridgehead atoms. The highest BCUT2D eigenvalue weighted by molar-refractivity contribution is 5.85. The standard InChI is InChI=1S/C25H36N2O2.ClH/c1-26-16-18-27(19-17-26)15-6-3-7-20-29-25-12-5-4-10-23(25)14-13-22-9-8-11-24(21-22)28-2;/h4-5,8-12,21H,3,6-7,13-20H2,1-2H3;1H. The second-order valence-electron chi connectivity index (χ2n) is 8.01. The molecule has 30 heavy (non-hydrogen) atoms. The van der Waals surface area contributed by atoms with Crippen molar-refractivity contribution in [2.45, 2.75) is 32.1 Å². The molecule has 4 nitrogen and oxygen atoms in total. The summed E-state index contributed by atoms with van der Waals surface area (Å²) in [5.74, 6) is 1.96. The van der Waals surface area contributed by atoms with Gasteiger partial charge in [-0.2, -0.15) is 0 Å². The number of hydrogen-bond acceptors (Lipinski definition) is 4. The van der Waals surface area contributed by atoms with E-state index >= 15 is 0 Å². The Bertz CT molecular complexity index is 733. The van der Waals surface area contributed by atoms with Crippen molar-refractivity contribution in [2.24, 2.45) is 0 Å². The van der Waals surface area contributed by atoms with Gasteiger partial charge in [-0.15, -0.1) is 12.4 Å². The molecule has 0 atom stereocenters. The molecule has 0 radical (unpaired) electrons. The van der Waals surface area contributed by atoms with E-state index in [4.69, 9.17) is 9.47 Å². The first kappa shape index (κ1) is 24.5. The summed E-state index contributed by atoms with van der Waals surface area (Å²) in [4.78, 5) is 5.00. The maximum atomic E-state index is 6.13. The van der Waals surface area contributed by atoms with Crippen molar-refractivity contribution in [1.82, 2.24) is 9.80 Å². The van der Waals surface area contributed by atoms with E-state index in [1.807, 2.05) is 6.07 Å². The molecule has 1 saturated heterocycles. The van der Waals surface area contributed by atoms with Crippen molar-refractivity contribution in [1.29, 1.82) is 0 Å². The SMILES string of the molecule is COc1cccc(CCc2ccccc2OCCCCCN2CCN(C)CC2)c1.Cl. The molecular weight excluding hydrogens is 396 g/mol. The van der Waals surface area contributed by atoms with Gasteiger partial charge < -0.3 is 19.3 Å². The maximum Gasteiger partial charge on any atom is 0.122 e. The van der Waals surface area contributed by atoms with Crippen molar-refractivity contribution in [3.63, 3.8) is 0 Å². The molecule has 3 rings (SSSR count). The summed E-state index contributed by atoms with van der Waals surface area (Å²) in [7, 11) is 3.93. The second kappa shape index (κ2) is 13.5. The third-order valence-electron chi connectivity index (χ3n) is 5.76. The first-order valence-electron chi connectivity index (χ1n) is 11.0. The number of para-hydroxylation sites is 1. The van der Waals surface area contributed by atoms with Crippen molar-refractivity contribution in [3.05, 3.63) is 59.7 Å². The van der Waals surface area contributed by atoms with Gasteiger partial charge in [0.2, 0.25) is 0 Å². The van der Waals surface area contributed by atoms with Crippen molar-refractivity contribution < 1.29 is 9.47 Å². The molecule has 1 fully saturated rings. The monoisotopic (exact) mass is 432 g/mol. The van der Waals surface area contributed by atoms with Gasteiger partial charge in [-0.05, 0) is 75.0 Å². The van der Waals surface area contributed by atoms with Crippen molar-refractivity contribution in [2.75, 3.05) is 53.5 Å². The van der Waals surface area contributed by atoms with E-state index in [9.17, 15) is 0 Å². The Balaban J connectivity index is 0.00000320. The maximum absolute atomic E-state index is 6.13. The molecule has 1 aliphatic rings. The summed E-state index contributed by atoms with van der Waals surface area (Å²) in [5, 5.41) is 0. The molecule has 166 valence electrons. The van der Waals surface area contributed by atoms with Crippen molar-refractivity contribution in [3.8, 4) is 11.5 Å². The number of likely N-dealkylation sites (N-methyl/N-ethyl adjacent to an activating group) is 1. The van der Waals surface area contributed by atoms with E-state index < -0.39 is 0 Å². The van der Waals surface area contributed by atoms with Crippen LogP contribution in [0, 0.1) is 0 Å². The molecule has 0 aliphatic carbocycles. The molecular formula is C25H37ClN2O2. The summed E-state index contributed by atoms with van der Waals surface area (Å²) in [6.07, 6.45) is 5.59. The number of aryl methyl sites for hydroxylation is 2. The molecule has 1 heterocycles. The Kier molecular flexibility index (Phi) is 11.1. The molecule has 0 aromatic heterocycles. The highest BCUT2D eigenvalue weighted by Gasteiger charge is 2.12. The van der Waals surface area contributed by atoms with Gasteiger partial charge in [0.05, 0.1) is 13.7 Å². The zero-order valence-corrected chi connectivity index (χ0v) is 19.3. The van der Waals surface area contributed by atoms with Crippen LogP contribution in [0.25, 0.3) is 0 Å². The molecule has 0 unspecified atom stereocenters. The Hall–Kier alpha value is -1.75. The predicted molar refractivity (Wildman–Crippen MR) is 127 cm³/mol. The second-order valence-corrected chi connectivity index (χ2v) is 8.01. The molecule has 0 amide bonds. The van der Waals surface area contributed by atoms with Crippen molar-refractivity contribution >= 4 is 12.4 Å². The largest absolute Gasteiger partial charge is 0.497 e. The van der Waals surface area contributed by atoms with Crippen LogP contribution < -0.4 is 9.47 Å². The molecule has 5 heteroatoms. The average molecular weight is 433 g/mol. The topological polar surface area (TPSA) is 24.9 Å². The van der Waals surface area contributed by atoms with E-state index in [1.165, 1.54) is 56.7 Å². The fourth-order valence-corrected chi connectivity index (χ4v) is 3.83. The van der Waals surface area contributed by atoms with E-state index in [0.717, 1.165) is 37.4 Å². The molecule has 0 N–H and O–H groups in total. The van der Waals surface area contributed by atoms with Gasteiger partial charge >= 0.3 is 0 Å². The minimum absolute atomic E-state index is 0. The van der Waals surface area contributed by atoms with Gasteiger partial charge in [0.25, 0.3) is 0 Å². The van der Waals surface area contributed by atoms with E-state index in [2.05, 4.69) is 59.3 Å². The molecule has 2 aromatic rings. The molecule has 0 saturated carbocycles. The summed E-state index contributed by atoms with van der Waals surface area (Å²) in [5.41, 5.74) is 2.58. The van der Waals surface area contributed by atoms with E-state index in [-0.39, 0.29) is 12.4 Å². The third kappa shape index (κ3) is 8.17. The Morgan fingerprint density at radius 1 is 0.867 bits per heavy atom. The minimum atomic E-state index is 0. The number of benzene rings is 2. The fourth-order valence-electron chi connectivity index (χ4n) is 3.83. The number of unbranched alkanes of at least 4 members (excludes halogenated alkanes) is 2. The van der Waals surface area contributed by atoms with Crippen LogP contribution in [0.1, 0.15) is 30.4 Å². The average Bonchev–Trinajstić information content (AvgIpc) is 2.76. The highest BCUT2D eigenvalue weighted by Crippen LogP contribution is 2.22. The summed E-state index contributed by atoms with van der Waals surface area (Å²) in [6.45, 7) is 6.87. The number of methoxy groups -OCH3 is 1. The quantitative estimate of drug-likeness (QED) is 0.480. The van der Waals surface area contributed by atoms with Gasteiger partial charge in [0, 0.05) is 26.2 Å². The molecule has 1 aliphatic heterocycles. The van der Waals surface area contributed by atoms with Gasteiger partial charge in [0.15, 0.2) is 0 Å². The number of halogens is 1. The Labute approximate surface area is 188 Å². The first-order chi connectivity index (χ1) is 14.2. The van der Waals surface area contributed by atoms with Crippen LogP contribution in [-0.2, 0) is 12.8 Å². The number of hydrogen-bond donors (Lipinski definition) is 0. The zero-order valence-electron chi connectivity index (χ0n) is 18.5. The van der Waals surface area contributed by atoms with Gasteiger partial charge in [-0.3, -0.25) is 0 Å². The Morgan fingerprint density at radius 2 is 1.67 bits per heavy atom. The number of ether oxygens (including phenoxy) is 2. The van der Waals surface area contributed by atoms with Crippen LogP contribution >= 0.6 is 12.4 Å². The summed E-state index contributed by atoms with van der Waals surface area (Å²) < 4.78 is 11.5. The van der Waals surface area contributed by atoms with Crippen LogP contribution in [0.15, 0.2) is 48.5 Å². The third-order valence-corrected chi connectivity index (χ3v) is 5.76. The lowest BCUT2D eigenvalue weighted by molar-refractivity contribution is 0.151. The number of piperazine rings is 1. The first-order valence-corrected chi connectivity index (χ1v) is 11.0. The fraction of sp³-hybridized carbons (Fsp3) is 0.520. The van der Waals surface area contributed by atoms with Gasteiger partial charge in [-0.1, -0.05) is 30.3 Å². The normalized spacial score (nSPS) is 14.9. The van der Waals surface area contributed by atoms with E-state index in [0.29, 0.717) is 0 Å². The summed E-state index contributed by atoms with van der Waals surface area (Å²) >= 11 is 0. The lowest BCUT2D eigenvalue weighted by Gasteiger charge is -2.32. The number of rotatable bonds is 11. The van der Waals surface area contributed by atoms with Crippen LogP contribution in [-0.4, -0.2) is 63.3 Å². The summed E-state index contributed by atoms with van der Waals surface area (Å²) in [6, 6.07) is 16.8. The van der Waals surface area contributed by atoms with Crippen LogP contribution in [0.5, 0.6) is 11.5 Å². The van der Waals surface area contributed by atoms with Crippen LogP contribution in [0.3, 0.4) is 0 Å².